The molecule has 0 radical (unpaired) electrons. The summed E-state index contributed by atoms with van der Waals surface area (Å²) < 4.78 is 27.6. The van der Waals surface area contributed by atoms with Gasteiger partial charge in [0.05, 0.1) is 23.9 Å². The normalized spacial score (nSPS) is 10.4. The van der Waals surface area contributed by atoms with Crippen LogP contribution in [0, 0.1) is 11.6 Å². The molecule has 1 aromatic carbocycles. The van der Waals surface area contributed by atoms with Gasteiger partial charge in [-0.05, 0) is 12.1 Å². The van der Waals surface area contributed by atoms with Gasteiger partial charge < -0.3 is 10.4 Å². The molecular formula is C12H10F2N4O3. The lowest BCUT2D eigenvalue weighted by Crippen LogP contribution is -2.29. The fourth-order valence-corrected chi connectivity index (χ4v) is 1.64. The number of aromatic carboxylic acids is 1. The summed E-state index contributed by atoms with van der Waals surface area (Å²) in [4.78, 5) is 22.8. The summed E-state index contributed by atoms with van der Waals surface area (Å²) in [6.07, 6.45) is 3.03. The second kappa shape index (κ2) is 6.07. The third-order valence-electron chi connectivity index (χ3n) is 2.63. The Morgan fingerprint density at radius 3 is 2.48 bits per heavy atom. The monoisotopic (exact) mass is 296 g/mol. The number of amides is 1. The van der Waals surface area contributed by atoms with E-state index in [4.69, 9.17) is 5.11 Å². The molecule has 0 saturated heterocycles. The first-order valence-electron chi connectivity index (χ1n) is 5.83. The number of aromatic nitrogens is 3. The first-order valence-corrected chi connectivity index (χ1v) is 5.83. The highest BCUT2D eigenvalue weighted by atomic mass is 19.2. The highest BCUT2D eigenvalue weighted by molar-refractivity contribution is 6.04. The van der Waals surface area contributed by atoms with Crippen LogP contribution in [0.3, 0.4) is 0 Å². The molecule has 0 spiro atoms. The van der Waals surface area contributed by atoms with E-state index in [1.807, 2.05) is 0 Å². The number of carbonyl (C=O) groups is 2. The van der Waals surface area contributed by atoms with Crippen molar-refractivity contribution in [3.8, 4) is 0 Å². The summed E-state index contributed by atoms with van der Waals surface area (Å²) in [5.74, 6) is -4.95. The minimum atomic E-state index is -1.52. The van der Waals surface area contributed by atoms with Crippen molar-refractivity contribution in [3.05, 3.63) is 47.3 Å². The van der Waals surface area contributed by atoms with Crippen LogP contribution in [0.25, 0.3) is 0 Å². The van der Waals surface area contributed by atoms with Crippen LogP contribution < -0.4 is 5.32 Å². The Morgan fingerprint density at radius 1 is 1.24 bits per heavy atom. The number of nitrogens with one attached hydrogen (secondary N) is 1. The molecule has 1 heterocycles. The molecule has 110 valence electrons. The van der Waals surface area contributed by atoms with Gasteiger partial charge in [0.1, 0.15) is 0 Å². The average molecular weight is 296 g/mol. The Labute approximate surface area is 117 Å². The summed E-state index contributed by atoms with van der Waals surface area (Å²) in [6.45, 7) is 0.429. The molecule has 0 bridgehead atoms. The first kappa shape index (κ1) is 14.6. The lowest BCUT2D eigenvalue weighted by molar-refractivity contribution is 0.0690. The third-order valence-corrected chi connectivity index (χ3v) is 2.63. The molecule has 2 N–H and O–H groups in total. The Morgan fingerprint density at radius 2 is 1.90 bits per heavy atom. The van der Waals surface area contributed by atoms with Crippen molar-refractivity contribution in [1.82, 2.24) is 20.3 Å². The molecule has 7 nitrogen and oxygen atoms in total. The zero-order chi connectivity index (χ0) is 15.4. The van der Waals surface area contributed by atoms with Gasteiger partial charge in [-0.2, -0.15) is 0 Å². The summed E-state index contributed by atoms with van der Waals surface area (Å²) in [5, 5.41) is 18.6. The van der Waals surface area contributed by atoms with Gasteiger partial charge in [-0.25, -0.2) is 13.6 Å². The van der Waals surface area contributed by atoms with Crippen LogP contribution in [0.15, 0.2) is 24.5 Å². The number of halogens is 2. The number of hydrogen-bond acceptors (Lipinski definition) is 4. The second-order valence-electron chi connectivity index (χ2n) is 4.04. The molecule has 2 rings (SSSR count). The van der Waals surface area contributed by atoms with Crippen LogP contribution in [-0.4, -0.2) is 38.5 Å². The predicted octanol–water partition coefficient (Wildman–Crippen LogP) is 0.684. The van der Waals surface area contributed by atoms with Crippen LogP contribution in [0.5, 0.6) is 0 Å². The van der Waals surface area contributed by atoms with Gasteiger partial charge in [0, 0.05) is 12.7 Å². The number of carboxylic acids is 1. The topological polar surface area (TPSA) is 97.1 Å². The Balaban J connectivity index is 2.11. The van der Waals surface area contributed by atoms with E-state index in [1.165, 1.54) is 10.9 Å². The zero-order valence-electron chi connectivity index (χ0n) is 10.6. The Kier molecular flexibility index (Phi) is 4.21. The molecule has 21 heavy (non-hydrogen) atoms. The van der Waals surface area contributed by atoms with Crippen molar-refractivity contribution in [1.29, 1.82) is 0 Å². The fraction of sp³-hybridized carbons (Fsp3) is 0.167. The van der Waals surface area contributed by atoms with E-state index in [-0.39, 0.29) is 6.54 Å². The molecule has 2 aromatic rings. The number of benzene rings is 1. The van der Waals surface area contributed by atoms with E-state index < -0.39 is 34.6 Å². The molecule has 0 unspecified atom stereocenters. The van der Waals surface area contributed by atoms with Crippen molar-refractivity contribution < 1.29 is 23.5 Å². The molecule has 0 aliphatic heterocycles. The number of carboxylic acid groups (broad SMARTS) is 1. The van der Waals surface area contributed by atoms with Crippen molar-refractivity contribution in [2.24, 2.45) is 0 Å². The molecule has 0 aliphatic carbocycles. The quantitative estimate of drug-likeness (QED) is 0.846. The van der Waals surface area contributed by atoms with Gasteiger partial charge in [0.15, 0.2) is 11.6 Å². The van der Waals surface area contributed by atoms with E-state index in [0.29, 0.717) is 18.7 Å². The van der Waals surface area contributed by atoms with Crippen molar-refractivity contribution in [2.75, 3.05) is 6.54 Å². The van der Waals surface area contributed by atoms with Gasteiger partial charge in [0.25, 0.3) is 5.91 Å². The standard InChI is InChI=1S/C12H10F2N4O3/c13-9-5-7(8(12(20)21)6-10(9)14)11(19)15-1-3-18-4-2-16-17-18/h2,4-6H,1,3H2,(H,15,19)(H,20,21). The maximum atomic E-state index is 13.2. The van der Waals surface area contributed by atoms with Crippen LogP contribution in [0.4, 0.5) is 8.78 Å². The van der Waals surface area contributed by atoms with Crippen LogP contribution in [0.1, 0.15) is 20.7 Å². The number of carbonyl (C=O) groups excluding carboxylic acids is 1. The van der Waals surface area contributed by atoms with Crippen LogP contribution in [0.2, 0.25) is 0 Å². The summed E-state index contributed by atoms with van der Waals surface area (Å²) >= 11 is 0. The molecule has 0 atom stereocenters. The smallest absolute Gasteiger partial charge is 0.336 e. The summed E-state index contributed by atoms with van der Waals surface area (Å²) in [6, 6.07) is 1.04. The van der Waals surface area contributed by atoms with Gasteiger partial charge in [-0.1, -0.05) is 5.21 Å². The van der Waals surface area contributed by atoms with Crippen LogP contribution in [-0.2, 0) is 6.54 Å². The largest absolute Gasteiger partial charge is 0.478 e. The van der Waals surface area contributed by atoms with Gasteiger partial charge in [0.2, 0.25) is 0 Å². The Bertz CT molecular complexity index is 673. The molecule has 0 saturated carbocycles. The first-order chi connectivity index (χ1) is 9.99. The maximum Gasteiger partial charge on any atom is 0.336 e. The predicted molar refractivity (Wildman–Crippen MR) is 65.7 cm³/mol. The average Bonchev–Trinajstić information content (AvgIpc) is 2.94. The Hall–Kier alpha value is -2.84. The van der Waals surface area contributed by atoms with Gasteiger partial charge >= 0.3 is 5.97 Å². The number of nitrogens with zero attached hydrogens (tertiary/aromatic N) is 3. The lowest BCUT2D eigenvalue weighted by Gasteiger charge is -2.08. The van der Waals surface area contributed by atoms with Crippen molar-refractivity contribution in [2.45, 2.75) is 6.54 Å². The molecule has 0 aliphatic rings. The summed E-state index contributed by atoms with van der Waals surface area (Å²) in [7, 11) is 0. The summed E-state index contributed by atoms with van der Waals surface area (Å²) in [5.41, 5.74) is -1.05. The zero-order valence-corrected chi connectivity index (χ0v) is 10.6. The van der Waals surface area contributed by atoms with Gasteiger partial charge in [-0.3, -0.25) is 9.48 Å². The van der Waals surface area contributed by atoms with E-state index in [9.17, 15) is 18.4 Å². The molecular weight excluding hydrogens is 286 g/mol. The second-order valence-corrected chi connectivity index (χ2v) is 4.04. The molecule has 9 heteroatoms. The molecule has 1 amide bonds. The van der Waals surface area contributed by atoms with E-state index >= 15 is 0 Å². The maximum absolute atomic E-state index is 13.2. The fourth-order valence-electron chi connectivity index (χ4n) is 1.64. The lowest BCUT2D eigenvalue weighted by atomic mass is 10.1. The highest BCUT2D eigenvalue weighted by Gasteiger charge is 2.20. The molecule has 1 aromatic heterocycles. The number of rotatable bonds is 5. The minimum Gasteiger partial charge on any atom is -0.478 e. The molecule has 0 fully saturated rings. The van der Waals surface area contributed by atoms with Crippen molar-refractivity contribution in [3.63, 3.8) is 0 Å². The minimum absolute atomic E-state index is 0.125. The van der Waals surface area contributed by atoms with Crippen molar-refractivity contribution >= 4 is 11.9 Å². The van der Waals surface area contributed by atoms with Gasteiger partial charge in [-0.15, -0.1) is 5.10 Å². The third kappa shape index (κ3) is 3.38. The SMILES string of the molecule is O=C(O)c1cc(F)c(F)cc1C(=O)NCCn1ccnn1. The van der Waals surface area contributed by atoms with E-state index in [0.717, 1.165) is 0 Å². The highest BCUT2D eigenvalue weighted by Crippen LogP contribution is 2.15. The van der Waals surface area contributed by atoms with E-state index in [1.54, 1.807) is 6.20 Å². The van der Waals surface area contributed by atoms with E-state index in [2.05, 4.69) is 15.6 Å². The van der Waals surface area contributed by atoms with Crippen LogP contribution >= 0.6 is 0 Å². The number of hydrogen-bond donors (Lipinski definition) is 2.